The lowest BCUT2D eigenvalue weighted by molar-refractivity contribution is -0.384. The van der Waals surface area contributed by atoms with E-state index < -0.39 is 23.0 Å². The summed E-state index contributed by atoms with van der Waals surface area (Å²) in [5, 5.41) is 13.9. The summed E-state index contributed by atoms with van der Waals surface area (Å²) < 4.78 is 10.1. The van der Waals surface area contributed by atoms with Crippen molar-refractivity contribution in [2.24, 2.45) is 0 Å². The maximum absolute atomic E-state index is 12.0. The number of benzene rings is 2. The molecule has 0 saturated carbocycles. The first-order chi connectivity index (χ1) is 11.6. The molecule has 7 heteroatoms. The van der Waals surface area contributed by atoms with Gasteiger partial charge in [0, 0.05) is 24.9 Å². The van der Waals surface area contributed by atoms with Crippen molar-refractivity contribution in [2.75, 3.05) is 19.5 Å². The molecule has 0 aliphatic rings. The molecule has 0 aliphatic carbocycles. The quantitative estimate of drug-likeness (QED) is 0.477. The second-order valence-corrected chi connectivity index (χ2v) is 5.02. The molecule has 0 aromatic heterocycles. The van der Waals surface area contributed by atoms with Gasteiger partial charge >= 0.3 is 5.97 Å². The van der Waals surface area contributed by atoms with Crippen LogP contribution in [-0.2, 0) is 14.3 Å². The van der Waals surface area contributed by atoms with Crippen molar-refractivity contribution in [3.05, 3.63) is 70.3 Å². The highest BCUT2D eigenvalue weighted by Crippen LogP contribution is 2.26. The summed E-state index contributed by atoms with van der Waals surface area (Å²) in [5.74, 6) is -0.513. The number of methoxy groups -OCH3 is 2. The molecule has 0 heterocycles. The van der Waals surface area contributed by atoms with Gasteiger partial charge in [0.1, 0.15) is 0 Å². The summed E-state index contributed by atoms with van der Waals surface area (Å²) in [5.41, 5.74) is 1.45. The minimum atomic E-state index is -0.868. The summed E-state index contributed by atoms with van der Waals surface area (Å²) in [6.45, 7) is 0. The van der Waals surface area contributed by atoms with Gasteiger partial charge < -0.3 is 14.8 Å². The SMILES string of the molecule is COC(=O)[C@H](OC)[C@H](Nc1ccc([N+](=O)[O-])cc1)c1ccccc1. The number of nitro benzene ring substituents is 1. The van der Waals surface area contributed by atoms with E-state index in [-0.39, 0.29) is 5.69 Å². The third kappa shape index (κ3) is 4.08. The van der Waals surface area contributed by atoms with E-state index in [1.807, 2.05) is 30.3 Å². The minimum absolute atomic E-state index is 0.00642. The lowest BCUT2D eigenvalue weighted by Crippen LogP contribution is -2.35. The molecule has 2 atom stereocenters. The zero-order valence-electron chi connectivity index (χ0n) is 13.3. The van der Waals surface area contributed by atoms with Crippen LogP contribution in [0.25, 0.3) is 0 Å². The van der Waals surface area contributed by atoms with E-state index in [2.05, 4.69) is 5.32 Å². The maximum atomic E-state index is 12.0. The molecule has 0 amide bonds. The monoisotopic (exact) mass is 330 g/mol. The van der Waals surface area contributed by atoms with Crippen LogP contribution in [0, 0.1) is 10.1 Å². The van der Waals surface area contributed by atoms with Crippen LogP contribution < -0.4 is 5.32 Å². The standard InChI is InChI=1S/C17H18N2O5/c1-23-16(17(20)24-2)15(12-6-4-3-5-7-12)18-13-8-10-14(11-9-13)19(21)22/h3-11,15-16,18H,1-2H3/t15-,16-/m1/s1. The van der Waals surface area contributed by atoms with Gasteiger partial charge in [-0.1, -0.05) is 30.3 Å². The highest BCUT2D eigenvalue weighted by Gasteiger charge is 2.30. The number of hydrogen-bond donors (Lipinski definition) is 1. The van der Waals surface area contributed by atoms with Crippen molar-refractivity contribution in [3.63, 3.8) is 0 Å². The third-order valence-electron chi connectivity index (χ3n) is 3.55. The van der Waals surface area contributed by atoms with Crippen LogP contribution in [0.15, 0.2) is 54.6 Å². The smallest absolute Gasteiger partial charge is 0.337 e. The van der Waals surface area contributed by atoms with Crippen molar-refractivity contribution in [3.8, 4) is 0 Å². The first kappa shape index (κ1) is 17.4. The zero-order chi connectivity index (χ0) is 17.5. The molecule has 0 unspecified atom stereocenters. The molecule has 0 spiro atoms. The molecule has 7 nitrogen and oxygen atoms in total. The predicted octanol–water partition coefficient (Wildman–Crippen LogP) is 2.94. The van der Waals surface area contributed by atoms with E-state index in [9.17, 15) is 14.9 Å². The summed E-state index contributed by atoms with van der Waals surface area (Å²) in [7, 11) is 2.72. The summed E-state index contributed by atoms with van der Waals surface area (Å²) >= 11 is 0. The highest BCUT2D eigenvalue weighted by molar-refractivity contribution is 5.76. The first-order valence-electron chi connectivity index (χ1n) is 7.23. The molecular weight excluding hydrogens is 312 g/mol. The Balaban J connectivity index is 2.32. The van der Waals surface area contributed by atoms with Crippen LogP contribution in [0.1, 0.15) is 11.6 Å². The third-order valence-corrected chi connectivity index (χ3v) is 3.55. The van der Waals surface area contributed by atoms with Crippen LogP contribution in [-0.4, -0.2) is 31.2 Å². The molecule has 0 aliphatic heterocycles. The predicted molar refractivity (Wildman–Crippen MR) is 88.7 cm³/mol. The van der Waals surface area contributed by atoms with Crippen molar-refractivity contribution >= 4 is 17.3 Å². The van der Waals surface area contributed by atoms with Crippen molar-refractivity contribution in [1.29, 1.82) is 0 Å². The fraction of sp³-hybridized carbons (Fsp3) is 0.235. The van der Waals surface area contributed by atoms with Crippen molar-refractivity contribution in [1.82, 2.24) is 0 Å². The van der Waals surface area contributed by atoms with Crippen LogP contribution >= 0.6 is 0 Å². The Bertz CT molecular complexity index is 688. The molecule has 2 rings (SSSR count). The molecular formula is C17H18N2O5. The molecule has 2 aromatic carbocycles. The Hall–Kier alpha value is -2.93. The fourth-order valence-corrected chi connectivity index (χ4v) is 2.34. The number of carbonyl (C=O) groups is 1. The topological polar surface area (TPSA) is 90.7 Å². The van der Waals surface area contributed by atoms with Crippen molar-refractivity contribution in [2.45, 2.75) is 12.1 Å². The molecule has 0 saturated heterocycles. The van der Waals surface area contributed by atoms with Gasteiger partial charge in [-0.2, -0.15) is 0 Å². The second-order valence-electron chi connectivity index (χ2n) is 5.02. The van der Waals surface area contributed by atoms with E-state index in [4.69, 9.17) is 9.47 Å². The number of nitrogens with zero attached hydrogens (tertiary/aromatic N) is 1. The molecule has 2 aromatic rings. The summed E-state index contributed by atoms with van der Waals surface area (Å²) in [4.78, 5) is 22.3. The fourth-order valence-electron chi connectivity index (χ4n) is 2.34. The number of non-ortho nitro benzene ring substituents is 1. The van der Waals surface area contributed by atoms with Crippen LogP contribution in [0.3, 0.4) is 0 Å². The molecule has 1 N–H and O–H groups in total. The van der Waals surface area contributed by atoms with Gasteiger partial charge in [0.2, 0.25) is 0 Å². The second kappa shape index (κ2) is 8.07. The summed E-state index contributed by atoms with van der Waals surface area (Å²) in [6.07, 6.45) is -0.868. The number of ether oxygens (including phenoxy) is 2. The van der Waals surface area contributed by atoms with Gasteiger partial charge in [-0.25, -0.2) is 4.79 Å². The van der Waals surface area contributed by atoms with Gasteiger partial charge in [-0.3, -0.25) is 10.1 Å². The summed E-state index contributed by atoms with van der Waals surface area (Å²) in [6, 6.07) is 14.7. The van der Waals surface area contributed by atoms with Gasteiger partial charge in [-0.15, -0.1) is 0 Å². The first-order valence-corrected chi connectivity index (χ1v) is 7.23. The Labute approximate surface area is 139 Å². The average molecular weight is 330 g/mol. The normalized spacial score (nSPS) is 12.9. The zero-order valence-corrected chi connectivity index (χ0v) is 13.3. The van der Waals surface area contributed by atoms with Gasteiger partial charge in [-0.05, 0) is 17.7 Å². The lowest BCUT2D eigenvalue weighted by Gasteiger charge is -2.26. The van der Waals surface area contributed by atoms with Crippen LogP contribution in [0.4, 0.5) is 11.4 Å². The number of rotatable bonds is 7. The molecule has 24 heavy (non-hydrogen) atoms. The van der Waals surface area contributed by atoms with Crippen LogP contribution in [0.5, 0.6) is 0 Å². The minimum Gasteiger partial charge on any atom is -0.467 e. The van der Waals surface area contributed by atoms with Gasteiger partial charge in [0.25, 0.3) is 5.69 Å². The van der Waals surface area contributed by atoms with Crippen LogP contribution in [0.2, 0.25) is 0 Å². The van der Waals surface area contributed by atoms with Gasteiger partial charge in [0.05, 0.1) is 18.1 Å². The van der Waals surface area contributed by atoms with E-state index in [1.54, 1.807) is 12.1 Å². The van der Waals surface area contributed by atoms with E-state index in [1.165, 1.54) is 26.4 Å². The number of esters is 1. The number of nitro groups is 1. The Kier molecular flexibility index (Phi) is 5.86. The molecule has 0 radical (unpaired) electrons. The maximum Gasteiger partial charge on any atom is 0.337 e. The molecule has 0 fully saturated rings. The molecule has 0 bridgehead atoms. The average Bonchev–Trinajstić information content (AvgIpc) is 2.62. The Morgan fingerprint density at radius 2 is 1.71 bits per heavy atom. The van der Waals surface area contributed by atoms with Gasteiger partial charge in [0.15, 0.2) is 6.10 Å². The lowest BCUT2D eigenvalue weighted by atomic mass is 10.0. The van der Waals surface area contributed by atoms with E-state index in [0.29, 0.717) is 5.69 Å². The Morgan fingerprint density at radius 1 is 1.08 bits per heavy atom. The Morgan fingerprint density at radius 3 is 2.21 bits per heavy atom. The highest BCUT2D eigenvalue weighted by atomic mass is 16.6. The number of hydrogen-bond acceptors (Lipinski definition) is 6. The molecule has 126 valence electrons. The van der Waals surface area contributed by atoms with E-state index >= 15 is 0 Å². The number of nitrogens with one attached hydrogen (secondary N) is 1. The van der Waals surface area contributed by atoms with E-state index in [0.717, 1.165) is 5.56 Å². The number of anilines is 1. The number of carbonyl (C=O) groups excluding carboxylic acids is 1. The van der Waals surface area contributed by atoms with Crippen molar-refractivity contribution < 1.29 is 19.2 Å². The largest absolute Gasteiger partial charge is 0.467 e.